The molecule has 24 heavy (non-hydrogen) atoms. The van der Waals surface area contributed by atoms with E-state index in [-0.39, 0.29) is 5.91 Å². The standard InChI is InChI=1S/C19H22N4O/c1-13-10-15(22-18(21-13)11-14-6-7-14)12-23-9-8-20-19(24)16-4-2-3-5-17(16)23/h2-5,10,14H,6-9,11-12H2,1H3,(H,20,24). The van der Waals surface area contributed by atoms with Crippen molar-refractivity contribution >= 4 is 11.6 Å². The Bertz CT molecular complexity index is 770. The number of hydrogen-bond acceptors (Lipinski definition) is 4. The number of aromatic nitrogens is 2. The molecule has 2 aliphatic rings. The van der Waals surface area contributed by atoms with Crippen LogP contribution < -0.4 is 10.2 Å². The van der Waals surface area contributed by atoms with E-state index in [1.54, 1.807) is 0 Å². The maximum Gasteiger partial charge on any atom is 0.253 e. The summed E-state index contributed by atoms with van der Waals surface area (Å²) in [6, 6.07) is 9.84. The summed E-state index contributed by atoms with van der Waals surface area (Å²) in [5, 5.41) is 2.96. The first-order valence-corrected chi connectivity index (χ1v) is 8.64. The molecule has 0 atom stereocenters. The monoisotopic (exact) mass is 322 g/mol. The van der Waals surface area contributed by atoms with Crippen LogP contribution in [0.4, 0.5) is 5.69 Å². The highest BCUT2D eigenvalue weighted by Gasteiger charge is 2.24. The van der Waals surface area contributed by atoms with Crippen LogP contribution in [0.25, 0.3) is 0 Å². The van der Waals surface area contributed by atoms with E-state index in [0.717, 1.165) is 47.3 Å². The Balaban J connectivity index is 1.61. The molecule has 0 unspecified atom stereocenters. The third-order valence-corrected chi connectivity index (χ3v) is 4.63. The summed E-state index contributed by atoms with van der Waals surface area (Å²) in [6.07, 6.45) is 3.60. The minimum absolute atomic E-state index is 0.00129. The number of rotatable bonds is 4. The van der Waals surface area contributed by atoms with Gasteiger partial charge < -0.3 is 10.2 Å². The number of fused-ring (bicyclic) bond motifs is 1. The first kappa shape index (κ1) is 15.1. The lowest BCUT2D eigenvalue weighted by Gasteiger charge is -2.24. The van der Waals surface area contributed by atoms with Crippen LogP contribution in [-0.4, -0.2) is 29.0 Å². The van der Waals surface area contributed by atoms with E-state index in [4.69, 9.17) is 4.98 Å². The van der Waals surface area contributed by atoms with Crippen molar-refractivity contribution in [2.24, 2.45) is 5.92 Å². The molecule has 5 heteroatoms. The van der Waals surface area contributed by atoms with E-state index in [9.17, 15) is 4.79 Å². The number of carbonyl (C=O) groups excluding carboxylic acids is 1. The average Bonchev–Trinajstić information content (AvgIpc) is 3.37. The Kier molecular flexibility index (Phi) is 3.92. The zero-order chi connectivity index (χ0) is 16.5. The van der Waals surface area contributed by atoms with Gasteiger partial charge in [-0.3, -0.25) is 4.79 Å². The van der Waals surface area contributed by atoms with E-state index < -0.39 is 0 Å². The van der Waals surface area contributed by atoms with Crippen LogP contribution in [0.1, 0.15) is 40.4 Å². The molecule has 124 valence electrons. The molecule has 2 heterocycles. The minimum Gasteiger partial charge on any atom is -0.363 e. The Morgan fingerprint density at radius 1 is 1.25 bits per heavy atom. The van der Waals surface area contributed by atoms with Gasteiger partial charge in [-0.15, -0.1) is 0 Å². The van der Waals surface area contributed by atoms with Gasteiger partial charge in [-0.2, -0.15) is 0 Å². The molecule has 1 N–H and O–H groups in total. The summed E-state index contributed by atoms with van der Waals surface area (Å²) < 4.78 is 0. The largest absolute Gasteiger partial charge is 0.363 e. The summed E-state index contributed by atoms with van der Waals surface area (Å²) in [5.74, 6) is 1.74. The molecule has 1 aliphatic carbocycles. The number of nitrogens with zero attached hydrogens (tertiary/aromatic N) is 3. The first-order chi connectivity index (χ1) is 11.7. The van der Waals surface area contributed by atoms with Crippen LogP contribution in [-0.2, 0) is 13.0 Å². The minimum atomic E-state index is 0.00129. The fourth-order valence-corrected chi connectivity index (χ4v) is 3.27. The van der Waals surface area contributed by atoms with Crippen LogP contribution in [0.3, 0.4) is 0 Å². The van der Waals surface area contributed by atoms with Crippen LogP contribution in [0.5, 0.6) is 0 Å². The van der Waals surface area contributed by atoms with Crippen LogP contribution in [0.15, 0.2) is 30.3 Å². The Hall–Kier alpha value is -2.43. The normalized spacial score (nSPS) is 17.2. The number of hydrogen-bond donors (Lipinski definition) is 1. The molecule has 1 aliphatic heterocycles. The van der Waals surface area contributed by atoms with Crippen LogP contribution >= 0.6 is 0 Å². The highest BCUT2D eigenvalue weighted by molar-refractivity contribution is 6.00. The molecule has 0 radical (unpaired) electrons. The van der Waals surface area contributed by atoms with Gasteiger partial charge in [0.25, 0.3) is 5.91 Å². The lowest BCUT2D eigenvalue weighted by atomic mass is 10.1. The molecule has 1 fully saturated rings. The van der Waals surface area contributed by atoms with Gasteiger partial charge in [0, 0.05) is 30.9 Å². The van der Waals surface area contributed by atoms with Gasteiger partial charge >= 0.3 is 0 Å². The predicted molar refractivity (Wildman–Crippen MR) is 93.0 cm³/mol. The number of para-hydroxylation sites is 1. The fourth-order valence-electron chi connectivity index (χ4n) is 3.27. The van der Waals surface area contributed by atoms with E-state index in [1.807, 2.05) is 31.2 Å². The molecule has 0 spiro atoms. The Labute approximate surface area is 142 Å². The molecule has 1 aromatic carbocycles. The average molecular weight is 322 g/mol. The fraction of sp³-hybridized carbons (Fsp3) is 0.421. The number of aryl methyl sites for hydroxylation is 1. The Morgan fingerprint density at radius 3 is 2.92 bits per heavy atom. The summed E-state index contributed by atoms with van der Waals surface area (Å²) >= 11 is 0. The topological polar surface area (TPSA) is 58.1 Å². The van der Waals surface area contributed by atoms with Crippen molar-refractivity contribution in [3.05, 3.63) is 53.1 Å². The summed E-state index contributed by atoms with van der Waals surface area (Å²) in [5.41, 5.74) is 3.77. The van der Waals surface area contributed by atoms with Crippen molar-refractivity contribution in [2.75, 3.05) is 18.0 Å². The summed E-state index contributed by atoms with van der Waals surface area (Å²) in [6.45, 7) is 4.16. The van der Waals surface area contributed by atoms with Crippen molar-refractivity contribution in [1.29, 1.82) is 0 Å². The Morgan fingerprint density at radius 2 is 2.08 bits per heavy atom. The highest BCUT2D eigenvalue weighted by Crippen LogP contribution is 2.32. The van der Waals surface area contributed by atoms with Gasteiger partial charge in [-0.25, -0.2) is 9.97 Å². The molecule has 0 bridgehead atoms. The predicted octanol–water partition coefficient (Wildman–Crippen LogP) is 2.49. The van der Waals surface area contributed by atoms with Crippen LogP contribution in [0.2, 0.25) is 0 Å². The smallest absolute Gasteiger partial charge is 0.253 e. The molecule has 1 aromatic heterocycles. The van der Waals surface area contributed by atoms with Gasteiger partial charge in [0.15, 0.2) is 0 Å². The second kappa shape index (κ2) is 6.23. The molecule has 0 saturated heterocycles. The van der Waals surface area contributed by atoms with Crippen molar-refractivity contribution in [3.8, 4) is 0 Å². The van der Waals surface area contributed by atoms with Crippen molar-refractivity contribution in [2.45, 2.75) is 32.7 Å². The van der Waals surface area contributed by atoms with Crippen molar-refractivity contribution in [3.63, 3.8) is 0 Å². The third kappa shape index (κ3) is 3.25. The van der Waals surface area contributed by atoms with Crippen molar-refractivity contribution < 1.29 is 4.79 Å². The SMILES string of the molecule is Cc1cc(CN2CCNC(=O)c3ccccc32)nc(CC2CC2)n1. The first-order valence-electron chi connectivity index (χ1n) is 8.64. The second-order valence-corrected chi connectivity index (χ2v) is 6.76. The second-order valence-electron chi connectivity index (χ2n) is 6.76. The summed E-state index contributed by atoms with van der Waals surface area (Å²) in [7, 11) is 0. The molecular weight excluding hydrogens is 300 g/mol. The van der Waals surface area contributed by atoms with E-state index in [0.29, 0.717) is 13.1 Å². The number of anilines is 1. The van der Waals surface area contributed by atoms with Gasteiger partial charge in [-0.1, -0.05) is 12.1 Å². The highest BCUT2D eigenvalue weighted by atomic mass is 16.1. The number of amides is 1. The molecule has 4 rings (SSSR count). The van der Waals surface area contributed by atoms with Gasteiger partial charge in [-0.05, 0) is 43.9 Å². The van der Waals surface area contributed by atoms with Gasteiger partial charge in [0.05, 0.1) is 17.8 Å². The molecule has 1 saturated carbocycles. The lowest BCUT2D eigenvalue weighted by Crippen LogP contribution is -2.30. The maximum atomic E-state index is 12.2. The van der Waals surface area contributed by atoms with E-state index in [2.05, 4.69) is 21.3 Å². The van der Waals surface area contributed by atoms with E-state index in [1.165, 1.54) is 12.8 Å². The van der Waals surface area contributed by atoms with Gasteiger partial charge in [0.1, 0.15) is 5.82 Å². The quantitative estimate of drug-likeness (QED) is 0.939. The number of nitrogens with one attached hydrogen (secondary N) is 1. The summed E-state index contributed by atoms with van der Waals surface area (Å²) in [4.78, 5) is 23.8. The van der Waals surface area contributed by atoms with Gasteiger partial charge in [0.2, 0.25) is 0 Å². The lowest BCUT2D eigenvalue weighted by molar-refractivity contribution is 0.0958. The molecule has 1 amide bonds. The maximum absolute atomic E-state index is 12.2. The van der Waals surface area contributed by atoms with Crippen LogP contribution in [0, 0.1) is 12.8 Å². The van der Waals surface area contributed by atoms with E-state index >= 15 is 0 Å². The zero-order valence-electron chi connectivity index (χ0n) is 14.0. The molecular formula is C19H22N4O. The number of benzene rings is 1. The molecule has 2 aromatic rings. The third-order valence-electron chi connectivity index (χ3n) is 4.63. The zero-order valence-corrected chi connectivity index (χ0v) is 14.0. The molecule has 5 nitrogen and oxygen atoms in total. The van der Waals surface area contributed by atoms with Crippen molar-refractivity contribution in [1.82, 2.24) is 15.3 Å². The number of carbonyl (C=O) groups is 1.